The third kappa shape index (κ3) is 3.74. The van der Waals surface area contributed by atoms with E-state index in [9.17, 15) is 18.3 Å². The molecule has 114 valence electrons. The molecular formula is C15H12F3N3O. The molecule has 0 bridgehead atoms. The lowest BCUT2D eigenvalue weighted by Gasteiger charge is -2.15. The largest absolute Gasteiger partial charge is 0.416 e. The molecule has 2 rings (SSSR count). The number of aliphatic hydroxyl groups excluding tert-OH is 1. The minimum absolute atomic E-state index is 0.0625. The summed E-state index contributed by atoms with van der Waals surface area (Å²) in [6.07, 6.45) is -4.14. The van der Waals surface area contributed by atoms with Crippen LogP contribution in [0.1, 0.15) is 22.8 Å². The zero-order valence-corrected chi connectivity index (χ0v) is 11.3. The summed E-state index contributed by atoms with van der Waals surface area (Å²) in [5, 5.41) is 21.7. The van der Waals surface area contributed by atoms with E-state index in [4.69, 9.17) is 5.26 Å². The highest BCUT2D eigenvalue weighted by molar-refractivity contribution is 5.51. The molecule has 0 saturated heterocycles. The summed E-state index contributed by atoms with van der Waals surface area (Å²) < 4.78 is 37.9. The molecule has 0 aliphatic heterocycles. The Kier molecular flexibility index (Phi) is 4.63. The average Bonchev–Trinajstić information content (AvgIpc) is 2.52. The summed E-state index contributed by atoms with van der Waals surface area (Å²) in [7, 11) is 0. The maximum Gasteiger partial charge on any atom is 0.416 e. The second-order valence-corrected chi connectivity index (χ2v) is 4.53. The molecule has 2 aromatic rings. The van der Waals surface area contributed by atoms with Crippen LogP contribution in [0.4, 0.5) is 19.0 Å². The van der Waals surface area contributed by atoms with Crippen molar-refractivity contribution in [3.63, 3.8) is 0 Å². The molecule has 2 N–H and O–H groups in total. The smallest absolute Gasteiger partial charge is 0.387 e. The normalized spacial score (nSPS) is 12.5. The van der Waals surface area contributed by atoms with Gasteiger partial charge in [-0.1, -0.05) is 12.1 Å². The topological polar surface area (TPSA) is 68.9 Å². The zero-order chi connectivity index (χ0) is 16.2. The number of alkyl halides is 3. The van der Waals surface area contributed by atoms with E-state index < -0.39 is 17.8 Å². The molecular weight excluding hydrogens is 295 g/mol. The van der Waals surface area contributed by atoms with Gasteiger partial charge >= 0.3 is 6.18 Å². The first-order chi connectivity index (χ1) is 10.4. The van der Waals surface area contributed by atoms with Crippen LogP contribution in [0.3, 0.4) is 0 Å². The van der Waals surface area contributed by atoms with Crippen LogP contribution in [0, 0.1) is 11.3 Å². The van der Waals surface area contributed by atoms with Crippen LogP contribution in [-0.2, 0) is 6.18 Å². The molecule has 7 heteroatoms. The zero-order valence-electron chi connectivity index (χ0n) is 11.3. The van der Waals surface area contributed by atoms with Crippen molar-refractivity contribution in [1.29, 1.82) is 5.26 Å². The summed E-state index contributed by atoms with van der Waals surface area (Å²) in [6.45, 7) is -0.0625. The van der Waals surface area contributed by atoms with Crippen LogP contribution in [0.25, 0.3) is 0 Å². The summed E-state index contributed by atoms with van der Waals surface area (Å²) in [5.41, 5.74) is -0.393. The van der Waals surface area contributed by atoms with Crippen molar-refractivity contribution in [1.82, 2.24) is 4.98 Å². The molecule has 0 unspecified atom stereocenters. The van der Waals surface area contributed by atoms with Crippen molar-refractivity contribution in [3.05, 3.63) is 59.3 Å². The molecule has 0 fully saturated rings. The first-order valence-electron chi connectivity index (χ1n) is 6.36. The molecule has 1 aromatic carbocycles. The molecule has 0 radical (unpaired) electrons. The minimum atomic E-state index is -4.46. The van der Waals surface area contributed by atoms with Crippen LogP contribution in [0.5, 0.6) is 0 Å². The number of nitriles is 1. The SMILES string of the molecule is N#Cc1cccnc1NC[C@@H](O)c1cccc(C(F)(F)F)c1. The number of aromatic nitrogens is 1. The van der Waals surface area contributed by atoms with Crippen LogP contribution >= 0.6 is 0 Å². The number of anilines is 1. The van der Waals surface area contributed by atoms with E-state index in [1.165, 1.54) is 18.3 Å². The average molecular weight is 307 g/mol. The fourth-order valence-corrected chi connectivity index (χ4v) is 1.87. The number of hydrogen-bond acceptors (Lipinski definition) is 4. The number of nitrogens with one attached hydrogen (secondary N) is 1. The van der Waals surface area contributed by atoms with Crippen molar-refractivity contribution >= 4 is 5.82 Å². The van der Waals surface area contributed by atoms with Gasteiger partial charge < -0.3 is 10.4 Å². The molecule has 1 aromatic heterocycles. The fraction of sp³-hybridized carbons (Fsp3) is 0.200. The molecule has 0 saturated carbocycles. The van der Waals surface area contributed by atoms with Gasteiger partial charge in [0.2, 0.25) is 0 Å². The van der Waals surface area contributed by atoms with Crippen molar-refractivity contribution in [2.24, 2.45) is 0 Å². The first-order valence-corrected chi connectivity index (χ1v) is 6.36. The minimum Gasteiger partial charge on any atom is -0.387 e. The fourth-order valence-electron chi connectivity index (χ4n) is 1.87. The van der Waals surface area contributed by atoms with Gasteiger partial charge in [0.15, 0.2) is 0 Å². The van der Waals surface area contributed by atoms with Crippen molar-refractivity contribution in [2.75, 3.05) is 11.9 Å². The monoisotopic (exact) mass is 307 g/mol. The van der Waals surface area contributed by atoms with Crippen molar-refractivity contribution in [2.45, 2.75) is 12.3 Å². The highest BCUT2D eigenvalue weighted by Crippen LogP contribution is 2.30. The Morgan fingerprint density at radius 1 is 1.27 bits per heavy atom. The van der Waals surface area contributed by atoms with E-state index in [2.05, 4.69) is 10.3 Å². The van der Waals surface area contributed by atoms with Gasteiger partial charge in [0.1, 0.15) is 11.9 Å². The molecule has 22 heavy (non-hydrogen) atoms. The van der Waals surface area contributed by atoms with Crippen molar-refractivity contribution in [3.8, 4) is 6.07 Å². The number of pyridine rings is 1. The number of benzene rings is 1. The van der Waals surface area contributed by atoms with Crippen LogP contribution in [-0.4, -0.2) is 16.6 Å². The van der Waals surface area contributed by atoms with E-state index >= 15 is 0 Å². The molecule has 0 aliphatic rings. The van der Waals surface area contributed by atoms with E-state index in [0.717, 1.165) is 12.1 Å². The van der Waals surface area contributed by atoms with Gasteiger partial charge in [-0.3, -0.25) is 0 Å². The van der Waals surface area contributed by atoms with Gasteiger partial charge in [-0.2, -0.15) is 18.4 Å². The second kappa shape index (κ2) is 6.45. The first kappa shape index (κ1) is 15.8. The van der Waals surface area contributed by atoms with Crippen LogP contribution in [0.15, 0.2) is 42.6 Å². The second-order valence-electron chi connectivity index (χ2n) is 4.53. The number of halogens is 3. The van der Waals surface area contributed by atoms with E-state index in [1.54, 1.807) is 12.1 Å². The third-order valence-electron chi connectivity index (χ3n) is 2.99. The number of hydrogen-bond donors (Lipinski definition) is 2. The van der Waals surface area contributed by atoms with Gasteiger partial charge in [0.05, 0.1) is 17.2 Å². The summed E-state index contributed by atoms with van der Waals surface area (Å²) in [6, 6.07) is 9.56. The van der Waals surface area contributed by atoms with Gasteiger partial charge in [-0.15, -0.1) is 0 Å². The number of rotatable bonds is 4. The maximum absolute atomic E-state index is 12.6. The molecule has 4 nitrogen and oxygen atoms in total. The Labute approximate surface area is 124 Å². The Bertz CT molecular complexity index is 695. The molecule has 1 heterocycles. The van der Waals surface area contributed by atoms with Crippen LogP contribution < -0.4 is 5.32 Å². The Morgan fingerprint density at radius 3 is 2.73 bits per heavy atom. The quantitative estimate of drug-likeness (QED) is 0.910. The Morgan fingerprint density at radius 2 is 2.05 bits per heavy atom. The number of nitrogens with zero attached hydrogens (tertiary/aromatic N) is 2. The Hall–Kier alpha value is -2.59. The molecule has 0 spiro atoms. The van der Waals surface area contributed by atoms with E-state index in [0.29, 0.717) is 5.56 Å². The molecule has 1 atom stereocenters. The van der Waals surface area contributed by atoms with Crippen molar-refractivity contribution < 1.29 is 18.3 Å². The third-order valence-corrected chi connectivity index (χ3v) is 2.99. The number of aliphatic hydroxyl groups is 1. The van der Waals surface area contributed by atoms with Gasteiger partial charge in [0, 0.05) is 12.7 Å². The lowest BCUT2D eigenvalue weighted by molar-refractivity contribution is -0.137. The van der Waals surface area contributed by atoms with E-state index in [1.807, 2.05) is 6.07 Å². The predicted octanol–water partition coefficient (Wildman–Crippen LogP) is 3.12. The summed E-state index contributed by atoms with van der Waals surface area (Å²) >= 11 is 0. The van der Waals surface area contributed by atoms with Crippen LogP contribution in [0.2, 0.25) is 0 Å². The Balaban J connectivity index is 2.10. The maximum atomic E-state index is 12.6. The molecule has 0 aliphatic carbocycles. The van der Waals surface area contributed by atoms with E-state index in [-0.39, 0.29) is 17.9 Å². The van der Waals surface area contributed by atoms with Gasteiger partial charge in [-0.25, -0.2) is 4.98 Å². The van der Waals surface area contributed by atoms with Gasteiger partial charge in [-0.05, 0) is 29.8 Å². The lowest BCUT2D eigenvalue weighted by atomic mass is 10.1. The lowest BCUT2D eigenvalue weighted by Crippen LogP contribution is -2.15. The predicted molar refractivity (Wildman–Crippen MR) is 73.8 cm³/mol. The summed E-state index contributed by atoms with van der Waals surface area (Å²) in [5.74, 6) is 0.274. The highest BCUT2D eigenvalue weighted by Gasteiger charge is 2.30. The highest BCUT2D eigenvalue weighted by atomic mass is 19.4. The van der Waals surface area contributed by atoms with Gasteiger partial charge in [0.25, 0.3) is 0 Å². The summed E-state index contributed by atoms with van der Waals surface area (Å²) in [4.78, 5) is 3.95. The molecule has 0 amide bonds. The standard InChI is InChI=1S/C15H12F3N3O/c16-15(17,18)12-5-1-3-10(7-12)13(22)9-21-14-11(8-19)4-2-6-20-14/h1-7,13,22H,9H2,(H,20,21)/t13-/m1/s1.